The van der Waals surface area contributed by atoms with E-state index in [1.165, 1.54) is 12.8 Å². The van der Waals surface area contributed by atoms with Crippen molar-refractivity contribution in [1.29, 1.82) is 0 Å². The molecule has 1 fully saturated rings. The van der Waals surface area contributed by atoms with Gasteiger partial charge in [0.1, 0.15) is 6.61 Å². The van der Waals surface area contributed by atoms with Crippen LogP contribution < -0.4 is 20.1 Å². The molecule has 0 amide bonds. The van der Waals surface area contributed by atoms with Crippen molar-refractivity contribution < 1.29 is 9.47 Å². The highest BCUT2D eigenvalue weighted by Crippen LogP contribution is 2.37. The van der Waals surface area contributed by atoms with Crippen LogP contribution in [-0.2, 0) is 13.2 Å². The molecule has 0 aliphatic carbocycles. The molecule has 6 heteroatoms. The molecular formula is C21H26BrClN2O2. The first-order chi connectivity index (χ1) is 13.2. The number of hydrogen-bond donors (Lipinski definition) is 2. The van der Waals surface area contributed by atoms with Gasteiger partial charge in [-0.15, -0.1) is 0 Å². The third-order valence-corrected chi connectivity index (χ3v) is 5.87. The molecule has 0 spiro atoms. The standard InChI is InChI=1S/C21H26BrClN2O2/c1-26-20-7-6-19(22)18(13-25-12-15-8-10-24-11-9-15)21(20)27-14-16-2-4-17(23)5-3-16/h2-7,15,24-25H,8-14H2,1H3. The first-order valence-corrected chi connectivity index (χ1v) is 10.5. The van der Waals surface area contributed by atoms with E-state index < -0.39 is 0 Å². The van der Waals surface area contributed by atoms with Crippen LogP contribution in [0.1, 0.15) is 24.0 Å². The Bertz CT molecular complexity index is 734. The second-order valence-corrected chi connectivity index (χ2v) is 8.09. The smallest absolute Gasteiger partial charge is 0.167 e. The lowest BCUT2D eigenvalue weighted by molar-refractivity contribution is 0.279. The van der Waals surface area contributed by atoms with Crippen molar-refractivity contribution >= 4 is 27.5 Å². The van der Waals surface area contributed by atoms with Crippen molar-refractivity contribution in [2.45, 2.75) is 26.0 Å². The lowest BCUT2D eigenvalue weighted by Gasteiger charge is -2.23. The molecule has 3 rings (SSSR count). The molecule has 0 atom stereocenters. The van der Waals surface area contributed by atoms with Gasteiger partial charge in [-0.1, -0.05) is 39.7 Å². The number of methoxy groups -OCH3 is 1. The molecule has 0 unspecified atom stereocenters. The van der Waals surface area contributed by atoms with Gasteiger partial charge < -0.3 is 20.1 Å². The summed E-state index contributed by atoms with van der Waals surface area (Å²) in [6, 6.07) is 11.6. The monoisotopic (exact) mass is 452 g/mol. The number of rotatable bonds is 8. The van der Waals surface area contributed by atoms with Crippen molar-refractivity contribution in [3.8, 4) is 11.5 Å². The summed E-state index contributed by atoms with van der Waals surface area (Å²) < 4.78 is 12.7. The van der Waals surface area contributed by atoms with Gasteiger partial charge in [0.2, 0.25) is 0 Å². The normalized spacial score (nSPS) is 14.9. The van der Waals surface area contributed by atoms with Gasteiger partial charge in [0, 0.05) is 21.6 Å². The summed E-state index contributed by atoms with van der Waals surface area (Å²) >= 11 is 9.63. The molecule has 0 aromatic heterocycles. The molecule has 1 aliphatic heterocycles. The fourth-order valence-electron chi connectivity index (χ4n) is 3.29. The van der Waals surface area contributed by atoms with Crippen LogP contribution in [0.2, 0.25) is 5.02 Å². The number of nitrogens with one attached hydrogen (secondary N) is 2. The minimum absolute atomic E-state index is 0.464. The number of ether oxygens (including phenoxy) is 2. The Kier molecular flexibility index (Phi) is 7.82. The van der Waals surface area contributed by atoms with E-state index in [4.69, 9.17) is 21.1 Å². The van der Waals surface area contributed by atoms with Crippen LogP contribution >= 0.6 is 27.5 Å². The molecule has 1 saturated heterocycles. The van der Waals surface area contributed by atoms with Crippen molar-refractivity contribution in [1.82, 2.24) is 10.6 Å². The zero-order chi connectivity index (χ0) is 19.1. The Labute approximate surface area is 174 Å². The van der Waals surface area contributed by atoms with Gasteiger partial charge in [0.05, 0.1) is 7.11 Å². The number of benzene rings is 2. The van der Waals surface area contributed by atoms with Gasteiger partial charge in [-0.25, -0.2) is 0 Å². The average molecular weight is 454 g/mol. The zero-order valence-electron chi connectivity index (χ0n) is 15.6. The van der Waals surface area contributed by atoms with E-state index in [2.05, 4.69) is 26.6 Å². The predicted molar refractivity (Wildman–Crippen MR) is 114 cm³/mol. The van der Waals surface area contributed by atoms with Crippen molar-refractivity contribution in [3.05, 3.63) is 57.0 Å². The summed E-state index contributed by atoms with van der Waals surface area (Å²) in [5.74, 6) is 2.25. The van der Waals surface area contributed by atoms with Crippen LogP contribution in [0.25, 0.3) is 0 Å². The van der Waals surface area contributed by atoms with E-state index >= 15 is 0 Å². The molecule has 2 aromatic carbocycles. The van der Waals surface area contributed by atoms with E-state index in [9.17, 15) is 0 Å². The second-order valence-electron chi connectivity index (χ2n) is 6.80. The fraction of sp³-hybridized carbons (Fsp3) is 0.429. The van der Waals surface area contributed by atoms with Gasteiger partial charge in [-0.2, -0.15) is 0 Å². The molecule has 0 saturated carbocycles. The van der Waals surface area contributed by atoms with Gasteiger partial charge in [-0.05, 0) is 68.2 Å². The Balaban J connectivity index is 1.68. The van der Waals surface area contributed by atoms with Crippen LogP contribution in [0.3, 0.4) is 0 Å². The molecule has 0 radical (unpaired) electrons. The number of piperidine rings is 1. The predicted octanol–water partition coefficient (Wildman–Crippen LogP) is 4.78. The van der Waals surface area contributed by atoms with E-state index in [0.717, 1.165) is 64.2 Å². The summed E-state index contributed by atoms with van der Waals surface area (Å²) in [6.07, 6.45) is 2.46. The van der Waals surface area contributed by atoms with Gasteiger partial charge in [-0.3, -0.25) is 0 Å². The first kappa shape index (κ1) is 20.5. The lowest BCUT2D eigenvalue weighted by Crippen LogP contribution is -2.33. The quantitative estimate of drug-likeness (QED) is 0.604. The highest BCUT2D eigenvalue weighted by atomic mass is 79.9. The molecule has 4 nitrogen and oxygen atoms in total. The third-order valence-electron chi connectivity index (χ3n) is 4.88. The molecule has 27 heavy (non-hydrogen) atoms. The molecule has 1 aliphatic rings. The summed E-state index contributed by atoms with van der Waals surface area (Å²) in [5, 5.41) is 7.73. The van der Waals surface area contributed by atoms with Gasteiger partial charge in [0.25, 0.3) is 0 Å². The molecular weight excluding hydrogens is 428 g/mol. The molecule has 2 N–H and O–H groups in total. The maximum atomic E-state index is 6.16. The van der Waals surface area contributed by atoms with Crippen LogP contribution in [0.4, 0.5) is 0 Å². The molecule has 2 aromatic rings. The Morgan fingerprint density at radius 3 is 2.59 bits per heavy atom. The Hall–Kier alpha value is -1.27. The van der Waals surface area contributed by atoms with Crippen LogP contribution in [0.15, 0.2) is 40.9 Å². The maximum Gasteiger partial charge on any atom is 0.167 e. The van der Waals surface area contributed by atoms with Gasteiger partial charge in [0.15, 0.2) is 11.5 Å². The number of hydrogen-bond acceptors (Lipinski definition) is 4. The molecule has 1 heterocycles. The van der Waals surface area contributed by atoms with E-state index in [1.807, 2.05) is 36.4 Å². The minimum Gasteiger partial charge on any atom is -0.493 e. The van der Waals surface area contributed by atoms with Crippen LogP contribution in [0, 0.1) is 5.92 Å². The zero-order valence-corrected chi connectivity index (χ0v) is 17.9. The fourth-order valence-corrected chi connectivity index (χ4v) is 3.87. The summed E-state index contributed by atoms with van der Waals surface area (Å²) in [4.78, 5) is 0. The summed E-state index contributed by atoms with van der Waals surface area (Å²) in [5.41, 5.74) is 2.15. The highest BCUT2D eigenvalue weighted by molar-refractivity contribution is 9.10. The Morgan fingerprint density at radius 1 is 1.15 bits per heavy atom. The van der Waals surface area contributed by atoms with Crippen LogP contribution in [0.5, 0.6) is 11.5 Å². The summed E-state index contributed by atoms with van der Waals surface area (Å²) in [6.45, 7) is 4.44. The van der Waals surface area contributed by atoms with Crippen molar-refractivity contribution in [3.63, 3.8) is 0 Å². The molecule has 146 valence electrons. The average Bonchev–Trinajstić information content (AvgIpc) is 2.70. The third kappa shape index (κ3) is 5.85. The number of halogens is 2. The van der Waals surface area contributed by atoms with Crippen molar-refractivity contribution in [2.75, 3.05) is 26.7 Å². The maximum absolute atomic E-state index is 6.16. The van der Waals surface area contributed by atoms with E-state index in [0.29, 0.717) is 6.61 Å². The minimum atomic E-state index is 0.464. The van der Waals surface area contributed by atoms with Crippen LogP contribution in [-0.4, -0.2) is 26.7 Å². The second kappa shape index (κ2) is 10.3. The Morgan fingerprint density at radius 2 is 1.89 bits per heavy atom. The largest absolute Gasteiger partial charge is 0.493 e. The van der Waals surface area contributed by atoms with E-state index in [-0.39, 0.29) is 0 Å². The SMILES string of the molecule is COc1ccc(Br)c(CNCC2CCNCC2)c1OCc1ccc(Cl)cc1. The highest BCUT2D eigenvalue weighted by Gasteiger charge is 2.17. The van der Waals surface area contributed by atoms with E-state index in [1.54, 1.807) is 7.11 Å². The molecule has 0 bridgehead atoms. The van der Waals surface area contributed by atoms with Crippen molar-refractivity contribution in [2.24, 2.45) is 5.92 Å². The van der Waals surface area contributed by atoms with Gasteiger partial charge >= 0.3 is 0 Å². The lowest BCUT2D eigenvalue weighted by atomic mass is 9.98. The first-order valence-electron chi connectivity index (χ1n) is 9.31. The summed E-state index contributed by atoms with van der Waals surface area (Å²) in [7, 11) is 1.67. The topological polar surface area (TPSA) is 42.5 Å².